The molecule has 0 unspecified atom stereocenters. The van der Waals surface area contributed by atoms with E-state index in [1.165, 1.54) is 0 Å². The van der Waals surface area contributed by atoms with Gasteiger partial charge in [-0.2, -0.15) is 0 Å². The maximum atomic E-state index is 6.02. The van der Waals surface area contributed by atoms with Gasteiger partial charge in [-0.3, -0.25) is 0 Å². The van der Waals surface area contributed by atoms with Crippen molar-refractivity contribution in [1.82, 2.24) is 0 Å². The third-order valence-electron chi connectivity index (χ3n) is 2.73. The van der Waals surface area contributed by atoms with Gasteiger partial charge in [-0.25, -0.2) is 0 Å². The molecule has 0 heterocycles. The van der Waals surface area contributed by atoms with E-state index >= 15 is 0 Å². The number of anilines is 3. The zero-order valence-corrected chi connectivity index (χ0v) is 10.1. The second-order valence-corrected chi connectivity index (χ2v) is 4.29. The van der Waals surface area contributed by atoms with Gasteiger partial charge in [0.05, 0.1) is 11.4 Å². The highest BCUT2D eigenvalue weighted by Gasteiger charge is 2.04. The van der Waals surface area contributed by atoms with Crippen molar-refractivity contribution in [1.29, 1.82) is 0 Å². The molecule has 2 rings (SSSR count). The number of nitrogen functional groups attached to an aromatic ring is 2. The number of nitrogens with zero attached hydrogens (tertiary/aromatic N) is 1. The van der Waals surface area contributed by atoms with Crippen molar-refractivity contribution in [2.45, 2.75) is 0 Å². The van der Waals surface area contributed by atoms with Gasteiger partial charge in [0.15, 0.2) is 0 Å². The number of rotatable bonds is 2. The summed E-state index contributed by atoms with van der Waals surface area (Å²) in [6.07, 6.45) is 0. The number of nitrogens with two attached hydrogens (primary N) is 2. The van der Waals surface area contributed by atoms with Crippen molar-refractivity contribution in [2.24, 2.45) is 0 Å². The average Bonchev–Trinajstić information content (AvgIpc) is 2.28. The van der Waals surface area contributed by atoms with E-state index < -0.39 is 0 Å². The summed E-state index contributed by atoms with van der Waals surface area (Å²) in [7, 11) is 3.96. The first kappa shape index (κ1) is 11.3. The first-order chi connectivity index (χ1) is 8.08. The van der Waals surface area contributed by atoms with Crippen LogP contribution in [-0.4, -0.2) is 14.1 Å². The van der Waals surface area contributed by atoms with Crippen LogP contribution in [0, 0.1) is 0 Å². The summed E-state index contributed by atoms with van der Waals surface area (Å²) in [5, 5.41) is 0. The van der Waals surface area contributed by atoms with Gasteiger partial charge in [0.25, 0.3) is 0 Å². The van der Waals surface area contributed by atoms with Gasteiger partial charge in [-0.15, -0.1) is 0 Å². The Hall–Kier alpha value is -2.16. The first-order valence-electron chi connectivity index (χ1n) is 5.50. The average molecular weight is 227 g/mol. The van der Waals surface area contributed by atoms with Crippen LogP contribution in [0.5, 0.6) is 0 Å². The Kier molecular flexibility index (Phi) is 2.91. The molecule has 0 aliphatic carbocycles. The molecule has 0 saturated heterocycles. The Morgan fingerprint density at radius 3 is 2.18 bits per heavy atom. The van der Waals surface area contributed by atoms with Gasteiger partial charge in [0.1, 0.15) is 0 Å². The van der Waals surface area contributed by atoms with E-state index in [1.807, 2.05) is 55.4 Å². The summed E-state index contributed by atoms with van der Waals surface area (Å²) in [6, 6.07) is 13.9. The lowest BCUT2D eigenvalue weighted by molar-refractivity contribution is 1.13. The molecule has 0 atom stereocenters. The van der Waals surface area contributed by atoms with Gasteiger partial charge < -0.3 is 16.4 Å². The van der Waals surface area contributed by atoms with Gasteiger partial charge >= 0.3 is 0 Å². The molecule has 0 aliphatic heterocycles. The predicted molar refractivity (Wildman–Crippen MR) is 75.0 cm³/mol. The van der Waals surface area contributed by atoms with Crippen LogP contribution in [0.15, 0.2) is 42.5 Å². The molecule has 0 radical (unpaired) electrons. The quantitative estimate of drug-likeness (QED) is 0.775. The van der Waals surface area contributed by atoms with E-state index in [-0.39, 0.29) is 0 Å². The molecule has 17 heavy (non-hydrogen) atoms. The summed E-state index contributed by atoms with van der Waals surface area (Å²) in [5.41, 5.74) is 16.5. The topological polar surface area (TPSA) is 55.3 Å². The Bertz CT molecular complexity index is 533. The molecular formula is C14H17N3. The molecule has 0 spiro atoms. The molecular weight excluding hydrogens is 210 g/mol. The van der Waals surface area contributed by atoms with E-state index in [9.17, 15) is 0 Å². The molecule has 0 aliphatic rings. The summed E-state index contributed by atoms with van der Waals surface area (Å²) in [4.78, 5) is 2.00. The fourth-order valence-electron chi connectivity index (χ4n) is 1.86. The van der Waals surface area contributed by atoms with Gasteiger partial charge in [0, 0.05) is 19.8 Å². The van der Waals surface area contributed by atoms with Gasteiger partial charge in [-0.05, 0) is 35.4 Å². The van der Waals surface area contributed by atoms with E-state index in [2.05, 4.69) is 6.07 Å². The third kappa shape index (κ3) is 2.33. The van der Waals surface area contributed by atoms with Crippen molar-refractivity contribution in [3.8, 4) is 11.1 Å². The Morgan fingerprint density at radius 1 is 0.882 bits per heavy atom. The zero-order chi connectivity index (χ0) is 12.4. The fourth-order valence-corrected chi connectivity index (χ4v) is 1.86. The summed E-state index contributed by atoms with van der Waals surface area (Å²) in [6.45, 7) is 0. The van der Waals surface area contributed by atoms with Crippen LogP contribution >= 0.6 is 0 Å². The first-order valence-corrected chi connectivity index (χ1v) is 5.50. The monoisotopic (exact) mass is 227 g/mol. The van der Waals surface area contributed by atoms with Crippen LogP contribution in [0.25, 0.3) is 11.1 Å². The molecule has 0 aromatic heterocycles. The van der Waals surface area contributed by atoms with E-state index in [1.54, 1.807) is 0 Å². The number of hydrogen-bond donors (Lipinski definition) is 2. The molecule has 0 amide bonds. The number of benzene rings is 2. The second-order valence-electron chi connectivity index (χ2n) is 4.29. The van der Waals surface area contributed by atoms with Crippen LogP contribution in [0.1, 0.15) is 0 Å². The van der Waals surface area contributed by atoms with Crippen LogP contribution in [0.3, 0.4) is 0 Å². The molecule has 0 saturated carbocycles. The van der Waals surface area contributed by atoms with Gasteiger partial charge in [-0.1, -0.05) is 18.2 Å². The molecule has 4 N–H and O–H groups in total. The van der Waals surface area contributed by atoms with Gasteiger partial charge in [0.2, 0.25) is 0 Å². The predicted octanol–water partition coefficient (Wildman–Crippen LogP) is 2.58. The van der Waals surface area contributed by atoms with Crippen LogP contribution in [0.4, 0.5) is 17.1 Å². The van der Waals surface area contributed by atoms with Crippen LogP contribution < -0.4 is 16.4 Å². The maximum Gasteiger partial charge on any atom is 0.0595 e. The standard InChI is InChI=1S/C14H17N3/c1-17(2)14-7-6-11(9-13(14)16)10-4-3-5-12(15)8-10/h3-9H,15-16H2,1-2H3. The molecule has 2 aromatic rings. The summed E-state index contributed by atoms with van der Waals surface area (Å²) < 4.78 is 0. The highest BCUT2D eigenvalue weighted by atomic mass is 15.1. The Labute approximate surface area is 102 Å². The summed E-state index contributed by atoms with van der Waals surface area (Å²) >= 11 is 0. The SMILES string of the molecule is CN(C)c1ccc(-c2cccc(N)c2)cc1N. The van der Waals surface area contributed by atoms with Crippen molar-refractivity contribution in [3.05, 3.63) is 42.5 Å². The Morgan fingerprint density at radius 2 is 1.59 bits per heavy atom. The zero-order valence-electron chi connectivity index (χ0n) is 10.1. The van der Waals surface area contributed by atoms with Crippen molar-refractivity contribution >= 4 is 17.1 Å². The molecule has 2 aromatic carbocycles. The molecule has 88 valence electrons. The molecule has 0 fully saturated rings. The van der Waals surface area contributed by atoms with E-state index in [0.717, 1.165) is 28.2 Å². The fraction of sp³-hybridized carbons (Fsp3) is 0.143. The van der Waals surface area contributed by atoms with E-state index in [0.29, 0.717) is 0 Å². The largest absolute Gasteiger partial charge is 0.399 e. The van der Waals surface area contributed by atoms with E-state index in [4.69, 9.17) is 11.5 Å². The smallest absolute Gasteiger partial charge is 0.0595 e. The van der Waals surface area contributed by atoms with Crippen LogP contribution in [-0.2, 0) is 0 Å². The third-order valence-corrected chi connectivity index (χ3v) is 2.73. The highest BCUT2D eigenvalue weighted by Crippen LogP contribution is 2.29. The normalized spacial score (nSPS) is 10.2. The summed E-state index contributed by atoms with van der Waals surface area (Å²) in [5.74, 6) is 0. The lowest BCUT2D eigenvalue weighted by Crippen LogP contribution is -2.10. The van der Waals surface area contributed by atoms with Crippen molar-refractivity contribution in [3.63, 3.8) is 0 Å². The molecule has 3 nitrogen and oxygen atoms in total. The van der Waals surface area contributed by atoms with Crippen LogP contribution in [0.2, 0.25) is 0 Å². The lowest BCUT2D eigenvalue weighted by atomic mass is 10.0. The molecule has 3 heteroatoms. The highest BCUT2D eigenvalue weighted by molar-refractivity contribution is 5.77. The minimum atomic E-state index is 0.762. The Balaban J connectivity index is 2.44. The lowest BCUT2D eigenvalue weighted by Gasteiger charge is -2.16. The number of hydrogen-bond acceptors (Lipinski definition) is 3. The minimum absolute atomic E-state index is 0.762. The maximum absolute atomic E-state index is 6.02. The molecule has 0 bridgehead atoms. The van der Waals surface area contributed by atoms with Crippen molar-refractivity contribution < 1.29 is 0 Å². The minimum Gasteiger partial charge on any atom is -0.399 e. The second kappa shape index (κ2) is 4.37. The van der Waals surface area contributed by atoms with Crippen molar-refractivity contribution in [2.75, 3.05) is 30.5 Å².